The van der Waals surface area contributed by atoms with Crippen LogP contribution in [0.4, 0.5) is 17.1 Å². The Bertz CT molecular complexity index is 850. The van der Waals surface area contributed by atoms with Crippen molar-refractivity contribution >= 4 is 28.9 Å². The van der Waals surface area contributed by atoms with Crippen molar-refractivity contribution in [1.82, 2.24) is 0 Å². The molecule has 1 aliphatic rings. The highest BCUT2D eigenvalue weighted by Crippen LogP contribution is 2.31. The van der Waals surface area contributed by atoms with Gasteiger partial charge in [0.1, 0.15) is 5.75 Å². The Labute approximate surface area is 149 Å². The van der Waals surface area contributed by atoms with Crippen LogP contribution in [0.3, 0.4) is 0 Å². The quantitative estimate of drug-likeness (QED) is 0.671. The molecule has 0 bridgehead atoms. The summed E-state index contributed by atoms with van der Waals surface area (Å²) in [5.41, 5.74) is 1.14. The summed E-state index contributed by atoms with van der Waals surface area (Å²) in [6, 6.07) is 12.3. The van der Waals surface area contributed by atoms with E-state index in [9.17, 15) is 19.7 Å². The maximum atomic E-state index is 12.7. The summed E-state index contributed by atoms with van der Waals surface area (Å²) in [5.74, 6) is -0.106. The third-order valence-electron chi connectivity index (χ3n) is 4.04. The summed E-state index contributed by atoms with van der Waals surface area (Å²) in [5, 5.41) is 13.5. The number of hydrogen-bond acceptors (Lipinski definition) is 5. The first kappa shape index (κ1) is 17.4. The van der Waals surface area contributed by atoms with E-state index < -0.39 is 4.92 Å². The fourth-order valence-corrected chi connectivity index (χ4v) is 2.85. The topological polar surface area (TPSA) is 102 Å². The molecular formula is C18H17N3O5. The van der Waals surface area contributed by atoms with Gasteiger partial charge in [-0.3, -0.25) is 19.7 Å². The number of para-hydroxylation sites is 2. The molecule has 134 valence electrons. The van der Waals surface area contributed by atoms with Crippen molar-refractivity contribution in [3.8, 4) is 5.75 Å². The number of non-ortho nitro benzene ring substituents is 1. The highest BCUT2D eigenvalue weighted by atomic mass is 16.6. The maximum absolute atomic E-state index is 12.7. The number of carbonyl (C=O) groups is 2. The predicted molar refractivity (Wildman–Crippen MR) is 95.2 cm³/mol. The van der Waals surface area contributed by atoms with Gasteiger partial charge in [0.15, 0.2) is 6.61 Å². The van der Waals surface area contributed by atoms with E-state index in [-0.39, 0.29) is 36.6 Å². The van der Waals surface area contributed by atoms with E-state index in [1.54, 1.807) is 36.1 Å². The number of nitrogens with zero attached hydrogens (tertiary/aromatic N) is 2. The van der Waals surface area contributed by atoms with Crippen molar-refractivity contribution in [3.63, 3.8) is 0 Å². The summed E-state index contributed by atoms with van der Waals surface area (Å²) in [7, 11) is 0. The molecule has 1 heterocycles. The third kappa shape index (κ3) is 3.64. The molecule has 8 heteroatoms. The van der Waals surface area contributed by atoms with Gasteiger partial charge in [-0.15, -0.1) is 0 Å². The average molecular weight is 355 g/mol. The number of hydrogen-bond donors (Lipinski definition) is 1. The summed E-state index contributed by atoms with van der Waals surface area (Å²) < 4.78 is 5.47. The van der Waals surface area contributed by atoms with E-state index in [2.05, 4.69) is 5.32 Å². The zero-order chi connectivity index (χ0) is 18.7. The maximum Gasteiger partial charge on any atom is 0.269 e. The molecule has 2 aromatic carbocycles. The van der Waals surface area contributed by atoms with Crippen LogP contribution in [0.15, 0.2) is 48.5 Å². The highest BCUT2D eigenvalue weighted by Gasteiger charge is 2.29. The van der Waals surface area contributed by atoms with Crippen molar-refractivity contribution in [2.24, 2.45) is 0 Å². The van der Waals surface area contributed by atoms with Crippen LogP contribution in [-0.4, -0.2) is 29.4 Å². The Morgan fingerprint density at radius 1 is 1.27 bits per heavy atom. The molecule has 1 N–H and O–H groups in total. The van der Waals surface area contributed by atoms with E-state index in [1.165, 1.54) is 24.3 Å². The summed E-state index contributed by atoms with van der Waals surface area (Å²) in [6.45, 7) is 1.55. The van der Waals surface area contributed by atoms with Crippen LogP contribution in [-0.2, 0) is 9.59 Å². The lowest BCUT2D eigenvalue weighted by molar-refractivity contribution is -0.384. The van der Waals surface area contributed by atoms with Crippen molar-refractivity contribution in [1.29, 1.82) is 0 Å². The molecule has 0 fully saturated rings. The molecule has 0 saturated heterocycles. The lowest BCUT2D eigenvalue weighted by atomic mass is 10.1. The normalized spacial score (nSPS) is 16.3. The molecule has 0 saturated carbocycles. The van der Waals surface area contributed by atoms with Crippen molar-refractivity contribution in [3.05, 3.63) is 58.6 Å². The minimum absolute atomic E-state index is 0.0525. The van der Waals surface area contributed by atoms with E-state index in [1.807, 2.05) is 0 Å². The van der Waals surface area contributed by atoms with Gasteiger partial charge in [-0.25, -0.2) is 0 Å². The first-order valence-corrected chi connectivity index (χ1v) is 8.04. The van der Waals surface area contributed by atoms with Crippen molar-refractivity contribution < 1.29 is 19.2 Å². The monoisotopic (exact) mass is 355 g/mol. The molecule has 8 nitrogen and oxygen atoms in total. The number of benzene rings is 2. The van der Waals surface area contributed by atoms with Gasteiger partial charge in [0.05, 0.1) is 16.3 Å². The van der Waals surface area contributed by atoms with Gasteiger partial charge in [-0.2, -0.15) is 0 Å². The second kappa shape index (κ2) is 7.22. The molecule has 0 aromatic heterocycles. The van der Waals surface area contributed by atoms with Crippen molar-refractivity contribution in [2.75, 3.05) is 16.8 Å². The Morgan fingerprint density at radius 2 is 1.96 bits per heavy atom. The zero-order valence-electron chi connectivity index (χ0n) is 14.0. The highest BCUT2D eigenvalue weighted by molar-refractivity contribution is 6.04. The third-order valence-corrected chi connectivity index (χ3v) is 4.04. The zero-order valence-corrected chi connectivity index (χ0v) is 14.0. The predicted octanol–water partition coefficient (Wildman–Crippen LogP) is 2.74. The molecule has 0 radical (unpaired) electrons. The summed E-state index contributed by atoms with van der Waals surface area (Å²) in [4.78, 5) is 36.4. The smallest absolute Gasteiger partial charge is 0.269 e. The Morgan fingerprint density at radius 3 is 2.65 bits per heavy atom. The van der Waals surface area contributed by atoms with Gasteiger partial charge in [-0.1, -0.05) is 12.1 Å². The van der Waals surface area contributed by atoms with E-state index in [0.717, 1.165) is 0 Å². The minimum atomic E-state index is -0.505. The Kier molecular flexibility index (Phi) is 4.83. The fourth-order valence-electron chi connectivity index (χ4n) is 2.85. The Hall–Kier alpha value is -3.42. The van der Waals surface area contributed by atoms with Crippen LogP contribution in [0.1, 0.15) is 13.3 Å². The molecule has 0 unspecified atom stereocenters. The van der Waals surface area contributed by atoms with Crippen LogP contribution in [0.5, 0.6) is 5.75 Å². The number of nitro benzene ring substituents is 1. The fraction of sp³-hybridized carbons (Fsp3) is 0.222. The molecule has 1 atom stereocenters. The molecule has 26 heavy (non-hydrogen) atoms. The molecule has 2 amide bonds. The number of fused-ring (bicyclic) bond motifs is 1. The van der Waals surface area contributed by atoms with E-state index in [4.69, 9.17) is 4.74 Å². The molecule has 1 aliphatic heterocycles. The average Bonchev–Trinajstić information content (AvgIpc) is 2.74. The van der Waals surface area contributed by atoms with Crippen LogP contribution in [0.2, 0.25) is 0 Å². The molecule has 0 aliphatic carbocycles. The minimum Gasteiger partial charge on any atom is -0.484 e. The van der Waals surface area contributed by atoms with Gasteiger partial charge >= 0.3 is 0 Å². The van der Waals surface area contributed by atoms with E-state index in [0.29, 0.717) is 17.1 Å². The molecule has 0 spiro atoms. The lowest BCUT2D eigenvalue weighted by Crippen LogP contribution is -2.41. The first-order chi connectivity index (χ1) is 12.5. The number of ether oxygens (including phenoxy) is 1. The van der Waals surface area contributed by atoms with Crippen LogP contribution < -0.4 is 15.0 Å². The number of anilines is 2. The van der Waals surface area contributed by atoms with Gasteiger partial charge in [-0.05, 0) is 31.2 Å². The first-order valence-electron chi connectivity index (χ1n) is 8.04. The summed E-state index contributed by atoms with van der Waals surface area (Å²) in [6.07, 6.45) is 0.179. The van der Waals surface area contributed by atoms with Crippen LogP contribution in [0, 0.1) is 10.1 Å². The largest absolute Gasteiger partial charge is 0.484 e. The number of nitro groups is 1. The second-order valence-electron chi connectivity index (χ2n) is 5.92. The number of amides is 2. The van der Waals surface area contributed by atoms with E-state index >= 15 is 0 Å². The van der Waals surface area contributed by atoms with Gasteiger partial charge in [0.25, 0.3) is 11.6 Å². The lowest BCUT2D eigenvalue weighted by Gasteiger charge is -2.27. The second-order valence-corrected chi connectivity index (χ2v) is 5.92. The summed E-state index contributed by atoms with van der Waals surface area (Å²) >= 11 is 0. The van der Waals surface area contributed by atoms with Crippen LogP contribution >= 0.6 is 0 Å². The SMILES string of the molecule is C[C@H]1CC(=O)Nc2ccccc2N1C(=O)COc1ccc([N+](=O)[O-])cc1. The molecular weight excluding hydrogens is 338 g/mol. The molecule has 3 rings (SSSR count). The Balaban J connectivity index is 1.76. The number of carbonyl (C=O) groups excluding carboxylic acids is 2. The van der Waals surface area contributed by atoms with Gasteiger partial charge in [0.2, 0.25) is 5.91 Å². The number of rotatable bonds is 4. The van der Waals surface area contributed by atoms with Gasteiger partial charge < -0.3 is 15.0 Å². The van der Waals surface area contributed by atoms with Crippen LogP contribution in [0.25, 0.3) is 0 Å². The van der Waals surface area contributed by atoms with Gasteiger partial charge in [0, 0.05) is 24.6 Å². The number of nitrogens with one attached hydrogen (secondary N) is 1. The molecule has 2 aromatic rings. The van der Waals surface area contributed by atoms with Crippen molar-refractivity contribution in [2.45, 2.75) is 19.4 Å². The standard InChI is InChI=1S/C18H17N3O5/c1-12-10-17(22)19-15-4-2-3-5-16(15)20(12)18(23)11-26-14-8-6-13(7-9-14)21(24)25/h2-9,12H,10-11H2,1H3,(H,19,22)/t12-/m0/s1.